The van der Waals surface area contributed by atoms with Gasteiger partial charge in [-0.3, -0.25) is 9.59 Å². The normalized spacial score (nSPS) is 14.0. The van der Waals surface area contributed by atoms with Crippen molar-refractivity contribution in [1.82, 2.24) is 10.2 Å². The summed E-state index contributed by atoms with van der Waals surface area (Å²) in [6.45, 7) is 4.44. The number of amides is 2. The van der Waals surface area contributed by atoms with E-state index in [0.29, 0.717) is 48.2 Å². The molecular weight excluding hydrogens is 372 g/mol. The summed E-state index contributed by atoms with van der Waals surface area (Å²) in [5, 5.41) is 3.10. The number of nitrogens with one attached hydrogen (secondary N) is 1. The van der Waals surface area contributed by atoms with Crippen LogP contribution in [0.2, 0.25) is 0 Å². The van der Waals surface area contributed by atoms with Gasteiger partial charge in [-0.1, -0.05) is 12.8 Å². The lowest BCUT2D eigenvalue weighted by Crippen LogP contribution is -2.38. The van der Waals surface area contributed by atoms with E-state index in [1.807, 2.05) is 13.8 Å². The predicted molar refractivity (Wildman–Crippen MR) is 112 cm³/mol. The summed E-state index contributed by atoms with van der Waals surface area (Å²) in [5.74, 6) is 1.27. The van der Waals surface area contributed by atoms with Gasteiger partial charge in [-0.05, 0) is 45.2 Å². The molecule has 0 aliphatic heterocycles. The second-order valence-corrected chi connectivity index (χ2v) is 7.66. The van der Waals surface area contributed by atoms with E-state index in [1.165, 1.54) is 34.2 Å². The Bertz CT molecular complexity index is 673. The molecule has 1 aromatic rings. The van der Waals surface area contributed by atoms with E-state index in [2.05, 4.69) is 5.32 Å². The fourth-order valence-electron chi connectivity index (χ4n) is 3.74. The summed E-state index contributed by atoms with van der Waals surface area (Å²) >= 11 is 0. The van der Waals surface area contributed by atoms with E-state index in [-0.39, 0.29) is 17.9 Å². The zero-order valence-electron chi connectivity index (χ0n) is 18.2. The van der Waals surface area contributed by atoms with Crippen LogP contribution in [0, 0.1) is 0 Å². The molecule has 1 saturated carbocycles. The van der Waals surface area contributed by atoms with Crippen molar-refractivity contribution in [2.75, 3.05) is 27.9 Å². The molecule has 7 nitrogen and oxygen atoms in total. The molecule has 0 spiro atoms. The van der Waals surface area contributed by atoms with E-state index < -0.39 is 0 Å². The first-order valence-electron chi connectivity index (χ1n) is 10.3. The summed E-state index contributed by atoms with van der Waals surface area (Å²) in [6, 6.07) is 3.64. The first-order chi connectivity index (χ1) is 13.9. The van der Waals surface area contributed by atoms with E-state index >= 15 is 0 Å². The molecule has 2 amide bonds. The van der Waals surface area contributed by atoms with Gasteiger partial charge in [-0.15, -0.1) is 0 Å². The van der Waals surface area contributed by atoms with Gasteiger partial charge in [0.2, 0.25) is 11.7 Å². The maximum atomic E-state index is 13.2. The molecular formula is C22H34N2O5. The van der Waals surface area contributed by atoms with Gasteiger partial charge in [0.1, 0.15) is 0 Å². The van der Waals surface area contributed by atoms with Crippen molar-refractivity contribution in [3.05, 3.63) is 17.7 Å². The summed E-state index contributed by atoms with van der Waals surface area (Å²) in [4.78, 5) is 27.1. The summed E-state index contributed by atoms with van der Waals surface area (Å²) in [6.07, 6.45) is 5.56. The van der Waals surface area contributed by atoms with E-state index in [9.17, 15) is 9.59 Å². The highest BCUT2D eigenvalue weighted by Gasteiger charge is 2.23. The van der Waals surface area contributed by atoms with Gasteiger partial charge in [-0.25, -0.2) is 0 Å². The molecule has 0 unspecified atom stereocenters. The van der Waals surface area contributed by atoms with E-state index in [0.717, 1.165) is 12.8 Å². The van der Waals surface area contributed by atoms with Crippen LogP contribution in [-0.2, 0) is 4.79 Å². The second kappa shape index (κ2) is 10.9. The van der Waals surface area contributed by atoms with Gasteiger partial charge in [-0.2, -0.15) is 0 Å². The van der Waals surface area contributed by atoms with Crippen LogP contribution in [-0.4, -0.2) is 56.7 Å². The van der Waals surface area contributed by atoms with Gasteiger partial charge in [0.25, 0.3) is 5.91 Å². The van der Waals surface area contributed by atoms with Gasteiger partial charge in [0, 0.05) is 30.6 Å². The monoisotopic (exact) mass is 406 g/mol. The molecule has 0 saturated heterocycles. The average molecular weight is 407 g/mol. The number of ether oxygens (including phenoxy) is 3. The van der Waals surface area contributed by atoms with Crippen molar-refractivity contribution < 1.29 is 23.8 Å². The van der Waals surface area contributed by atoms with Crippen LogP contribution in [0.15, 0.2) is 12.1 Å². The molecule has 7 heteroatoms. The van der Waals surface area contributed by atoms with Gasteiger partial charge < -0.3 is 24.4 Å². The van der Waals surface area contributed by atoms with Crippen LogP contribution in [0.4, 0.5) is 0 Å². The van der Waals surface area contributed by atoms with Crippen molar-refractivity contribution in [2.45, 2.75) is 64.5 Å². The Morgan fingerprint density at radius 2 is 1.66 bits per heavy atom. The van der Waals surface area contributed by atoms with Crippen molar-refractivity contribution in [3.63, 3.8) is 0 Å². The van der Waals surface area contributed by atoms with Crippen molar-refractivity contribution in [1.29, 1.82) is 0 Å². The number of hydrogen-bond donors (Lipinski definition) is 1. The topological polar surface area (TPSA) is 77.1 Å². The molecule has 1 N–H and O–H groups in total. The summed E-state index contributed by atoms with van der Waals surface area (Å²) in [7, 11) is 4.57. The van der Waals surface area contributed by atoms with Crippen LogP contribution in [0.3, 0.4) is 0 Å². The Balaban J connectivity index is 2.04. The smallest absolute Gasteiger partial charge is 0.254 e. The quantitative estimate of drug-likeness (QED) is 0.644. The summed E-state index contributed by atoms with van der Waals surface area (Å²) in [5.41, 5.74) is 0.462. The molecule has 0 heterocycles. The third-order valence-corrected chi connectivity index (χ3v) is 5.32. The van der Waals surface area contributed by atoms with Crippen LogP contribution in [0.5, 0.6) is 17.2 Å². The summed E-state index contributed by atoms with van der Waals surface area (Å²) < 4.78 is 16.0. The molecule has 2 rings (SSSR count). The zero-order valence-corrected chi connectivity index (χ0v) is 18.2. The molecule has 29 heavy (non-hydrogen) atoms. The first-order valence-corrected chi connectivity index (χ1v) is 10.3. The van der Waals surface area contributed by atoms with Crippen molar-refractivity contribution in [2.24, 2.45) is 0 Å². The number of hydrogen-bond acceptors (Lipinski definition) is 5. The van der Waals surface area contributed by atoms with Gasteiger partial charge >= 0.3 is 0 Å². The Morgan fingerprint density at radius 1 is 1.07 bits per heavy atom. The van der Waals surface area contributed by atoms with Crippen LogP contribution in [0.25, 0.3) is 0 Å². The molecule has 1 aliphatic rings. The van der Waals surface area contributed by atoms with Crippen LogP contribution in [0.1, 0.15) is 62.7 Å². The predicted octanol–water partition coefficient (Wildman–Crippen LogP) is 3.40. The Morgan fingerprint density at radius 3 is 2.14 bits per heavy atom. The number of nitrogens with zero attached hydrogens (tertiary/aromatic N) is 1. The largest absolute Gasteiger partial charge is 0.493 e. The lowest BCUT2D eigenvalue weighted by molar-refractivity contribution is -0.121. The highest BCUT2D eigenvalue weighted by atomic mass is 16.5. The molecule has 0 radical (unpaired) electrons. The number of methoxy groups -OCH3 is 3. The zero-order chi connectivity index (χ0) is 21.4. The Labute approximate surface area is 173 Å². The van der Waals surface area contributed by atoms with E-state index in [4.69, 9.17) is 14.2 Å². The number of carbonyl (C=O) groups is 2. The minimum absolute atomic E-state index is 0.000477. The lowest BCUT2D eigenvalue weighted by atomic mass is 10.1. The first kappa shape index (κ1) is 22.8. The minimum atomic E-state index is -0.129. The fourth-order valence-corrected chi connectivity index (χ4v) is 3.74. The third-order valence-electron chi connectivity index (χ3n) is 5.32. The second-order valence-electron chi connectivity index (χ2n) is 7.66. The molecule has 0 atom stereocenters. The number of rotatable bonds is 10. The maximum absolute atomic E-state index is 13.2. The maximum Gasteiger partial charge on any atom is 0.254 e. The molecule has 0 bridgehead atoms. The fraction of sp³-hybridized carbons (Fsp3) is 0.636. The van der Waals surface area contributed by atoms with Gasteiger partial charge in [0.05, 0.1) is 21.3 Å². The average Bonchev–Trinajstić information content (AvgIpc) is 3.22. The highest BCUT2D eigenvalue weighted by Crippen LogP contribution is 2.38. The minimum Gasteiger partial charge on any atom is -0.493 e. The molecule has 0 aromatic heterocycles. The van der Waals surface area contributed by atoms with Gasteiger partial charge in [0.15, 0.2) is 11.5 Å². The number of benzene rings is 1. The molecule has 1 aliphatic carbocycles. The SMILES string of the molecule is COc1cc(C(=O)N(CCCC(=O)NC2CCCC2)C(C)C)cc(OC)c1OC. The molecule has 1 aromatic carbocycles. The van der Waals surface area contributed by atoms with Crippen molar-refractivity contribution in [3.8, 4) is 17.2 Å². The third kappa shape index (κ3) is 6.02. The Hall–Kier alpha value is -2.44. The van der Waals surface area contributed by atoms with Crippen LogP contribution < -0.4 is 19.5 Å². The molecule has 162 valence electrons. The van der Waals surface area contributed by atoms with Crippen molar-refractivity contribution >= 4 is 11.8 Å². The lowest BCUT2D eigenvalue weighted by Gasteiger charge is -2.27. The number of carbonyl (C=O) groups excluding carboxylic acids is 2. The van der Waals surface area contributed by atoms with E-state index in [1.54, 1.807) is 17.0 Å². The standard InChI is InChI=1S/C22H34N2O5/c1-15(2)24(12-8-11-20(25)23-17-9-6-7-10-17)22(26)16-13-18(27-3)21(29-5)19(14-16)28-4/h13-15,17H,6-12H2,1-5H3,(H,23,25). The Kier molecular flexibility index (Phi) is 8.61. The highest BCUT2D eigenvalue weighted by molar-refractivity contribution is 5.96. The molecule has 1 fully saturated rings. The van der Waals surface area contributed by atoms with Crippen LogP contribution >= 0.6 is 0 Å².